The first-order valence-corrected chi connectivity index (χ1v) is 12.2. The summed E-state index contributed by atoms with van der Waals surface area (Å²) in [4.78, 5) is 24.5. The van der Waals surface area contributed by atoms with E-state index in [1.54, 1.807) is 42.5 Å². The molecule has 1 amide bonds. The maximum atomic E-state index is 12.4. The van der Waals surface area contributed by atoms with Gasteiger partial charge in [-0.15, -0.1) is 0 Å². The molecule has 1 N–H and O–H groups in total. The van der Waals surface area contributed by atoms with Gasteiger partial charge in [-0.25, -0.2) is 10.2 Å². The number of carbonyl (C=O) groups is 2. The molecule has 3 aromatic rings. The molecule has 10 heteroatoms. The van der Waals surface area contributed by atoms with Crippen LogP contribution in [-0.2, 0) is 4.79 Å². The van der Waals surface area contributed by atoms with Crippen LogP contribution in [0.1, 0.15) is 15.9 Å². The van der Waals surface area contributed by atoms with Crippen molar-refractivity contribution in [3.63, 3.8) is 0 Å². The average molecular weight is 690 g/mol. The third-order valence-electron chi connectivity index (χ3n) is 3.89. The van der Waals surface area contributed by atoms with E-state index in [1.165, 1.54) is 6.21 Å². The molecule has 0 saturated carbocycles. The number of rotatable bonds is 7. The Balaban J connectivity index is 1.63. The van der Waals surface area contributed by atoms with E-state index in [-0.39, 0.29) is 6.61 Å². The highest BCUT2D eigenvalue weighted by Crippen LogP contribution is 2.36. The van der Waals surface area contributed by atoms with Gasteiger partial charge in [-0.3, -0.25) is 4.79 Å². The Bertz CT molecular complexity index is 1150. The molecule has 0 aliphatic carbocycles. The maximum absolute atomic E-state index is 12.4. The lowest BCUT2D eigenvalue weighted by molar-refractivity contribution is -0.123. The van der Waals surface area contributed by atoms with Gasteiger partial charge in [-0.2, -0.15) is 5.10 Å². The predicted molar refractivity (Wildman–Crippen MR) is 136 cm³/mol. The maximum Gasteiger partial charge on any atom is 0.343 e. The molecule has 0 heterocycles. The largest absolute Gasteiger partial charge is 0.481 e. The van der Waals surface area contributed by atoms with Crippen LogP contribution in [-0.4, -0.2) is 24.7 Å². The van der Waals surface area contributed by atoms with Gasteiger partial charge in [0.05, 0.1) is 20.7 Å². The molecule has 0 atom stereocenters. The predicted octanol–water partition coefficient (Wildman–Crippen LogP) is 6.48. The summed E-state index contributed by atoms with van der Waals surface area (Å²) in [6.45, 7) is -0.246. The van der Waals surface area contributed by atoms with Crippen molar-refractivity contribution in [2.75, 3.05) is 6.61 Å². The number of esters is 1. The second kappa shape index (κ2) is 11.7. The Hall–Kier alpha value is -2.01. The van der Waals surface area contributed by atoms with Crippen LogP contribution in [0, 0.1) is 0 Å². The molecule has 0 aliphatic heterocycles. The van der Waals surface area contributed by atoms with Crippen LogP contribution in [0.15, 0.2) is 83.7 Å². The van der Waals surface area contributed by atoms with E-state index in [4.69, 9.17) is 9.47 Å². The van der Waals surface area contributed by atoms with Crippen LogP contribution >= 0.6 is 63.7 Å². The fourth-order valence-electron chi connectivity index (χ4n) is 2.46. The number of ether oxygens (including phenoxy) is 2. The van der Waals surface area contributed by atoms with Crippen LogP contribution in [0.5, 0.6) is 11.5 Å². The van der Waals surface area contributed by atoms with Crippen molar-refractivity contribution in [2.24, 2.45) is 5.10 Å². The minimum Gasteiger partial charge on any atom is -0.481 e. The summed E-state index contributed by atoms with van der Waals surface area (Å²) < 4.78 is 14.0. The molecule has 0 saturated heterocycles. The topological polar surface area (TPSA) is 77.0 Å². The SMILES string of the molecule is O=C(COc1c(Br)cc(Br)cc1Br)N/N=C/c1cc(Br)ccc1OC(=O)c1ccccc1. The lowest BCUT2D eigenvalue weighted by Gasteiger charge is -2.10. The number of halogens is 4. The molecule has 0 unspecified atom stereocenters. The summed E-state index contributed by atoms with van der Waals surface area (Å²) in [5.41, 5.74) is 3.32. The van der Waals surface area contributed by atoms with E-state index < -0.39 is 11.9 Å². The fourth-order valence-corrected chi connectivity index (χ4v) is 5.32. The smallest absolute Gasteiger partial charge is 0.343 e. The van der Waals surface area contributed by atoms with Gasteiger partial charge in [0.2, 0.25) is 0 Å². The zero-order valence-electron chi connectivity index (χ0n) is 16.2. The highest BCUT2D eigenvalue weighted by Gasteiger charge is 2.12. The van der Waals surface area contributed by atoms with E-state index in [2.05, 4.69) is 74.2 Å². The molecule has 0 aromatic heterocycles. The highest BCUT2D eigenvalue weighted by molar-refractivity contribution is 9.11. The van der Waals surface area contributed by atoms with Crippen LogP contribution in [0.4, 0.5) is 0 Å². The van der Waals surface area contributed by atoms with Gasteiger partial charge in [0.25, 0.3) is 5.91 Å². The summed E-state index contributed by atoms with van der Waals surface area (Å²) >= 11 is 13.5. The Morgan fingerprint density at radius 3 is 2.28 bits per heavy atom. The third-order valence-corrected chi connectivity index (χ3v) is 6.02. The molecule has 164 valence electrons. The van der Waals surface area contributed by atoms with E-state index in [0.717, 1.165) is 8.95 Å². The molecule has 0 radical (unpaired) electrons. The standard InChI is InChI=1S/C22H14Br4N2O4/c23-15-6-7-19(32-22(30)13-4-2-1-3-5-13)14(8-15)11-27-28-20(29)12-31-21-17(25)9-16(24)10-18(21)26/h1-11H,12H2,(H,28,29)/b27-11+. The number of hydrogen-bond donors (Lipinski definition) is 1. The van der Waals surface area contributed by atoms with E-state index in [1.807, 2.05) is 18.2 Å². The van der Waals surface area contributed by atoms with Gasteiger partial charge in [-0.1, -0.05) is 50.1 Å². The summed E-state index contributed by atoms with van der Waals surface area (Å²) in [5.74, 6) is -0.153. The molecule has 0 spiro atoms. The molecule has 6 nitrogen and oxygen atoms in total. The number of benzene rings is 3. The highest BCUT2D eigenvalue weighted by atomic mass is 79.9. The quantitative estimate of drug-likeness (QED) is 0.133. The van der Waals surface area contributed by atoms with Crippen LogP contribution in [0.2, 0.25) is 0 Å². The Labute approximate surface area is 217 Å². The van der Waals surface area contributed by atoms with Crippen molar-refractivity contribution in [3.8, 4) is 11.5 Å². The van der Waals surface area contributed by atoms with E-state index in [0.29, 0.717) is 31.6 Å². The van der Waals surface area contributed by atoms with Gasteiger partial charge in [0.1, 0.15) is 11.5 Å². The second-order valence-corrected chi connectivity index (χ2v) is 9.76. The van der Waals surface area contributed by atoms with Crippen LogP contribution in [0.25, 0.3) is 0 Å². The first kappa shape index (κ1) is 24.6. The van der Waals surface area contributed by atoms with Crippen LogP contribution < -0.4 is 14.9 Å². The van der Waals surface area contributed by atoms with Crippen molar-refractivity contribution >= 4 is 81.8 Å². The molecular formula is C22H14Br4N2O4. The zero-order valence-corrected chi connectivity index (χ0v) is 22.5. The monoisotopic (exact) mass is 686 g/mol. The van der Waals surface area contributed by atoms with Gasteiger partial charge < -0.3 is 9.47 Å². The minimum atomic E-state index is -0.495. The summed E-state index contributed by atoms with van der Waals surface area (Å²) in [6, 6.07) is 17.4. The lowest BCUT2D eigenvalue weighted by Crippen LogP contribution is -2.24. The number of hydrogen-bond acceptors (Lipinski definition) is 5. The Morgan fingerprint density at radius 2 is 1.59 bits per heavy atom. The fraction of sp³-hybridized carbons (Fsp3) is 0.0455. The third kappa shape index (κ3) is 6.99. The molecule has 0 aliphatic rings. The van der Waals surface area contributed by atoms with Crippen molar-refractivity contribution in [1.82, 2.24) is 5.43 Å². The first-order valence-electron chi connectivity index (χ1n) is 8.99. The lowest BCUT2D eigenvalue weighted by atomic mass is 10.2. The molecular weight excluding hydrogens is 676 g/mol. The van der Waals surface area contributed by atoms with Crippen molar-refractivity contribution in [1.29, 1.82) is 0 Å². The Morgan fingerprint density at radius 1 is 0.906 bits per heavy atom. The Kier molecular flexibility index (Phi) is 9.03. The van der Waals surface area contributed by atoms with E-state index in [9.17, 15) is 9.59 Å². The average Bonchev–Trinajstić information content (AvgIpc) is 2.75. The molecule has 0 fully saturated rings. The number of hydrazone groups is 1. The molecule has 32 heavy (non-hydrogen) atoms. The van der Waals surface area contributed by atoms with Crippen LogP contribution in [0.3, 0.4) is 0 Å². The summed E-state index contributed by atoms with van der Waals surface area (Å²) in [5, 5.41) is 3.95. The molecule has 0 bridgehead atoms. The second-order valence-electron chi connectivity index (χ2n) is 6.22. The summed E-state index contributed by atoms with van der Waals surface area (Å²) in [7, 11) is 0. The van der Waals surface area contributed by atoms with Crippen molar-refractivity contribution < 1.29 is 19.1 Å². The normalized spacial score (nSPS) is 10.8. The van der Waals surface area contributed by atoms with Crippen molar-refractivity contribution in [2.45, 2.75) is 0 Å². The molecule has 3 rings (SSSR count). The van der Waals surface area contributed by atoms with E-state index >= 15 is 0 Å². The van der Waals surface area contributed by atoms with Crippen molar-refractivity contribution in [3.05, 3.63) is 89.7 Å². The first-order chi connectivity index (χ1) is 15.3. The minimum absolute atomic E-state index is 0.246. The number of amides is 1. The number of carbonyl (C=O) groups excluding carboxylic acids is 2. The summed E-state index contributed by atoms with van der Waals surface area (Å²) in [6.07, 6.45) is 1.39. The number of nitrogens with one attached hydrogen (secondary N) is 1. The molecule has 3 aromatic carbocycles. The van der Waals surface area contributed by atoms with Gasteiger partial charge >= 0.3 is 5.97 Å². The van der Waals surface area contributed by atoms with Gasteiger partial charge in [0, 0.05) is 14.5 Å². The van der Waals surface area contributed by atoms with Gasteiger partial charge in [0.15, 0.2) is 6.61 Å². The number of nitrogens with zero attached hydrogens (tertiary/aromatic N) is 1. The van der Waals surface area contributed by atoms with Gasteiger partial charge in [-0.05, 0) is 74.3 Å². The zero-order chi connectivity index (χ0) is 23.1.